The zero-order valence-electron chi connectivity index (χ0n) is 15.5. The number of imide groups is 1. The molecule has 1 aliphatic rings. The molecule has 2 aromatic carbocycles. The number of fused-ring (bicyclic) bond motifs is 1. The van der Waals surface area contributed by atoms with Crippen molar-refractivity contribution in [2.75, 3.05) is 12.8 Å². The lowest BCUT2D eigenvalue weighted by Crippen LogP contribution is -2.24. The van der Waals surface area contributed by atoms with Crippen molar-refractivity contribution in [3.8, 4) is 17.2 Å². The molecular formula is C21H17N3O5. The van der Waals surface area contributed by atoms with Crippen LogP contribution in [0.2, 0.25) is 0 Å². The molecule has 0 atom stereocenters. The Bertz CT molecular complexity index is 1180. The fraction of sp³-hybridized carbons (Fsp3) is 0.0952. The van der Waals surface area contributed by atoms with Crippen molar-refractivity contribution in [3.63, 3.8) is 0 Å². The molecule has 1 aromatic heterocycles. The molecule has 4 rings (SSSR count). The molecule has 8 heteroatoms. The van der Waals surface area contributed by atoms with Crippen LogP contribution in [0, 0.1) is 0 Å². The molecule has 2 amide bonds. The first-order valence-electron chi connectivity index (χ1n) is 8.75. The standard InChI is InChI=1S/C21H17N3O5/c1-28-14-5-7-15(8-6-14)29-11-12-3-2-4-13(9-12)24-17(25)10-16-18(19(24)22)21(27)23-20(16)26/h2-10H,11,22H2,1H3,(H,23,26,27). The fourth-order valence-corrected chi connectivity index (χ4v) is 3.17. The number of benzene rings is 2. The largest absolute Gasteiger partial charge is 0.497 e. The van der Waals surface area contributed by atoms with E-state index in [1.54, 1.807) is 49.6 Å². The van der Waals surface area contributed by atoms with Gasteiger partial charge in [-0.25, -0.2) is 0 Å². The van der Waals surface area contributed by atoms with Crippen molar-refractivity contribution in [1.29, 1.82) is 0 Å². The van der Waals surface area contributed by atoms with Gasteiger partial charge in [-0.1, -0.05) is 12.1 Å². The van der Waals surface area contributed by atoms with E-state index < -0.39 is 17.4 Å². The Labute approximate surface area is 165 Å². The number of pyridine rings is 1. The molecule has 0 fully saturated rings. The normalized spacial score (nSPS) is 12.4. The molecule has 29 heavy (non-hydrogen) atoms. The Balaban J connectivity index is 1.64. The third-order valence-electron chi connectivity index (χ3n) is 4.59. The molecule has 0 unspecified atom stereocenters. The van der Waals surface area contributed by atoms with E-state index in [0.29, 0.717) is 11.4 Å². The van der Waals surface area contributed by atoms with Crippen LogP contribution in [-0.2, 0) is 6.61 Å². The minimum absolute atomic E-state index is 0.00672. The number of carbonyl (C=O) groups is 2. The van der Waals surface area contributed by atoms with Gasteiger partial charge < -0.3 is 15.2 Å². The van der Waals surface area contributed by atoms with Crippen LogP contribution in [0.3, 0.4) is 0 Å². The highest BCUT2D eigenvalue weighted by molar-refractivity contribution is 6.23. The minimum atomic E-state index is -0.623. The zero-order valence-corrected chi connectivity index (χ0v) is 15.5. The van der Waals surface area contributed by atoms with Gasteiger partial charge in [0.05, 0.1) is 23.9 Å². The number of amides is 2. The summed E-state index contributed by atoms with van der Waals surface area (Å²) in [5, 5.41) is 2.15. The van der Waals surface area contributed by atoms with Crippen LogP contribution < -0.4 is 26.1 Å². The monoisotopic (exact) mass is 391 g/mol. The van der Waals surface area contributed by atoms with Crippen molar-refractivity contribution < 1.29 is 19.1 Å². The van der Waals surface area contributed by atoms with Crippen molar-refractivity contribution in [2.24, 2.45) is 0 Å². The third kappa shape index (κ3) is 3.31. The van der Waals surface area contributed by atoms with Gasteiger partial charge in [0.25, 0.3) is 17.4 Å². The van der Waals surface area contributed by atoms with E-state index >= 15 is 0 Å². The summed E-state index contributed by atoms with van der Waals surface area (Å²) in [5.41, 5.74) is 6.84. The Morgan fingerprint density at radius 1 is 0.966 bits per heavy atom. The second-order valence-electron chi connectivity index (χ2n) is 6.41. The SMILES string of the molecule is COc1ccc(OCc2cccc(-n3c(N)c4c(cc3=O)C(=O)NC4=O)c2)cc1. The van der Waals surface area contributed by atoms with Gasteiger partial charge in [0.1, 0.15) is 23.9 Å². The molecule has 146 valence electrons. The van der Waals surface area contributed by atoms with E-state index in [9.17, 15) is 14.4 Å². The van der Waals surface area contributed by atoms with Crippen LogP contribution in [0.5, 0.6) is 11.5 Å². The number of hydrogen-bond donors (Lipinski definition) is 2. The van der Waals surface area contributed by atoms with E-state index in [0.717, 1.165) is 17.4 Å². The lowest BCUT2D eigenvalue weighted by Gasteiger charge is -2.13. The van der Waals surface area contributed by atoms with Crippen LogP contribution in [0.15, 0.2) is 59.4 Å². The van der Waals surface area contributed by atoms with Crippen LogP contribution in [0.4, 0.5) is 5.82 Å². The minimum Gasteiger partial charge on any atom is -0.497 e. The Morgan fingerprint density at radius 2 is 1.69 bits per heavy atom. The number of nitrogen functional groups attached to an aromatic ring is 1. The van der Waals surface area contributed by atoms with Crippen molar-refractivity contribution >= 4 is 17.6 Å². The van der Waals surface area contributed by atoms with Gasteiger partial charge in [0.15, 0.2) is 0 Å². The maximum Gasteiger partial charge on any atom is 0.262 e. The maximum absolute atomic E-state index is 12.6. The molecule has 3 N–H and O–H groups in total. The highest BCUT2D eigenvalue weighted by Gasteiger charge is 2.31. The summed E-state index contributed by atoms with van der Waals surface area (Å²) in [6.07, 6.45) is 0. The molecular weight excluding hydrogens is 374 g/mol. The van der Waals surface area contributed by atoms with Gasteiger partial charge in [0.2, 0.25) is 0 Å². The van der Waals surface area contributed by atoms with Crippen LogP contribution >= 0.6 is 0 Å². The smallest absolute Gasteiger partial charge is 0.262 e. The number of nitrogens with zero attached hydrogens (tertiary/aromatic N) is 1. The predicted octanol–water partition coefficient (Wildman–Crippen LogP) is 1.89. The second kappa shape index (κ2) is 7.16. The summed E-state index contributed by atoms with van der Waals surface area (Å²) in [7, 11) is 1.59. The highest BCUT2D eigenvalue weighted by Crippen LogP contribution is 2.24. The number of rotatable bonds is 5. The predicted molar refractivity (Wildman–Crippen MR) is 106 cm³/mol. The number of anilines is 1. The van der Waals surface area contributed by atoms with E-state index in [1.807, 2.05) is 6.07 Å². The Morgan fingerprint density at radius 3 is 2.41 bits per heavy atom. The van der Waals surface area contributed by atoms with E-state index in [-0.39, 0.29) is 23.6 Å². The van der Waals surface area contributed by atoms with Crippen LogP contribution in [-0.4, -0.2) is 23.5 Å². The second-order valence-corrected chi connectivity index (χ2v) is 6.41. The molecule has 8 nitrogen and oxygen atoms in total. The van der Waals surface area contributed by atoms with Crippen LogP contribution in [0.1, 0.15) is 26.3 Å². The number of ether oxygens (including phenoxy) is 2. The van der Waals surface area contributed by atoms with Gasteiger partial charge in [-0.15, -0.1) is 0 Å². The summed E-state index contributed by atoms with van der Waals surface area (Å²) in [6, 6.07) is 15.3. The summed E-state index contributed by atoms with van der Waals surface area (Å²) >= 11 is 0. The molecule has 0 aliphatic carbocycles. The highest BCUT2D eigenvalue weighted by atomic mass is 16.5. The molecule has 0 saturated carbocycles. The van der Waals surface area contributed by atoms with Gasteiger partial charge in [-0.3, -0.25) is 24.3 Å². The van der Waals surface area contributed by atoms with E-state index in [4.69, 9.17) is 15.2 Å². The summed E-state index contributed by atoms with van der Waals surface area (Å²) in [5.74, 6) is 0.0795. The molecule has 0 radical (unpaired) electrons. The maximum atomic E-state index is 12.6. The number of carbonyl (C=O) groups excluding carboxylic acids is 2. The molecule has 0 saturated heterocycles. The molecule has 0 spiro atoms. The van der Waals surface area contributed by atoms with Crippen molar-refractivity contribution in [2.45, 2.75) is 6.61 Å². The number of methoxy groups -OCH3 is 1. The average Bonchev–Trinajstić information content (AvgIpc) is 3.00. The van der Waals surface area contributed by atoms with Crippen molar-refractivity contribution in [1.82, 2.24) is 9.88 Å². The first kappa shape index (κ1) is 18.3. The lowest BCUT2D eigenvalue weighted by atomic mass is 10.1. The topological polar surface area (TPSA) is 113 Å². The number of hydrogen-bond acceptors (Lipinski definition) is 6. The molecule has 3 aromatic rings. The van der Waals surface area contributed by atoms with Gasteiger partial charge in [-0.2, -0.15) is 0 Å². The molecule has 2 heterocycles. The number of aromatic nitrogens is 1. The molecule has 0 bridgehead atoms. The zero-order chi connectivity index (χ0) is 20.5. The van der Waals surface area contributed by atoms with Crippen LogP contribution in [0.25, 0.3) is 5.69 Å². The van der Waals surface area contributed by atoms with E-state index in [1.165, 1.54) is 4.57 Å². The quantitative estimate of drug-likeness (QED) is 0.643. The van der Waals surface area contributed by atoms with Gasteiger partial charge >= 0.3 is 0 Å². The summed E-state index contributed by atoms with van der Waals surface area (Å²) < 4.78 is 12.1. The number of nitrogens with one attached hydrogen (secondary N) is 1. The van der Waals surface area contributed by atoms with Crippen molar-refractivity contribution in [3.05, 3.63) is 81.6 Å². The lowest BCUT2D eigenvalue weighted by molar-refractivity contribution is 0.0880. The Hall–Kier alpha value is -4.07. The average molecular weight is 391 g/mol. The first-order valence-corrected chi connectivity index (χ1v) is 8.75. The van der Waals surface area contributed by atoms with Gasteiger partial charge in [-0.05, 0) is 42.0 Å². The summed E-state index contributed by atoms with van der Waals surface area (Å²) in [6.45, 7) is 0.263. The van der Waals surface area contributed by atoms with E-state index in [2.05, 4.69) is 5.32 Å². The third-order valence-corrected chi connectivity index (χ3v) is 4.59. The van der Waals surface area contributed by atoms with Gasteiger partial charge in [0, 0.05) is 6.07 Å². The summed E-state index contributed by atoms with van der Waals surface area (Å²) in [4.78, 5) is 36.3. The Kier molecular flexibility index (Phi) is 4.52. The molecule has 1 aliphatic heterocycles. The number of nitrogens with two attached hydrogens (primary N) is 1. The fourth-order valence-electron chi connectivity index (χ4n) is 3.17. The first-order chi connectivity index (χ1) is 14.0.